The summed E-state index contributed by atoms with van der Waals surface area (Å²) in [5.41, 5.74) is 1.45. The lowest BCUT2D eigenvalue weighted by Gasteiger charge is -2.13. The maximum Gasteiger partial charge on any atom is 0.117 e. The molecule has 8 heteroatoms. The Morgan fingerprint density at radius 1 is 1.35 bits per heavy atom. The van der Waals surface area contributed by atoms with Gasteiger partial charge in [0.05, 0.1) is 16.8 Å². The van der Waals surface area contributed by atoms with Gasteiger partial charge in [0.1, 0.15) is 35.8 Å². The minimum Gasteiger partial charge on any atom is -0.394 e. The van der Waals surface area contributed by atoms with Crippen LogP contribution in [0.15, 0.2) is 16.7 Å². The summed E-state index contributed by atoms with van der Waals surface area (Å²) in [6, 6.07) is 0. The van der Waals surface area contributed by atoms with E-state index in [0.717, 1.165) is 20.8 Å². The fourth-order valence-electron chi connectivity index (χ4n) is 2.35. The van der Waals surface area contributed by atoms with E-state index in [1.165, 1.54) is 29.4 Å². The molecule has 0 aliphatic carbocycles. The number of hydrogen-bond acceptors (Lipinski definition) is 8. The number of aliphatic hydroxyl groups excluding tert-OH is 3. The first-order chi connectivity index (χ1) is 9.67. The van der Waals surface area contributed by atoms with Gasteiger partial charge >= 0.3 is 0 Å². The fraction of sp³-hybridized carbons (Fsp3) is 0.500. The highest BCUT2D eigenvalue weighted by Crippen LogP contribution is 2.40. The summed E-state index contributed by atoms with van der Waals surface area (Å²) in [7, 11) is 0. The van der Waals surface area contributed by atoms with E-state index in [1.807, 2.05) is 11.6 Å². The van der Waals surface area contributed by atoms with Crippen LogP contribution in [0.25, 0.3) is 10.2 Å². The topological polar surface area (TPSA) is 95.7 Å². The largest absolute Gasteiger partial charge is 0.394 e. The highest BCUT2D eigenvalue weighted by atomic mass is 32.2. The molecule has 2 aromatic heterocycles. The zero-order chi connectivity index (χ0) is 14.3. The molecule has 1 fully saturated rings. The molecule has 3 rings (SSSR count). The van der Waals surface area contributed by atoms with E-state index >= 15 is 0 Å². The van der Waals surface area contributed by atoms with Gasteiger partial charge < -0.3 is 20.1 Å². The Bertz CT molecular complexity index is 621. The van der Waals surface area contributed by atoms with Gasteiger partial charge in [0.2, 0.25) is 0 Å². The van der Waals surface area contributed by atoms with Gasteiger partial charge in [-0.05, 0) is 11.6 Å². The van der Waals surface area contributed by atoms with Crippen LogP contribution in [0.2, 0.25) is 0 Å². The molecular formula is C12H14N2O4S2. The lowest BCUT2D eigenvalue weighted by Crippen LogP contribution is -2.32. The molecule has 2 aromatic rings. The van der Waals surface area contributed by atoms with E-state index in [4.69, 9.17) is 9.84 Å². The first kappa shape index (κ1) is 14.2. The van der Waals surface area contributed by atoms with Crippen LogP contribution in [-0.2, 0) is 4.74 Å². The zero-order valence-electron chi connectivity index (χ0n) is 10.6. The fourth-order valence-corrected chi connectivity index (χ4v) is 4.11. The van der Waals surface area contributed by atoms with Gasteiger partial charge in [-0.15, -0.1) is 23.1 Å². The van der Waals surface area contributed by atoms with Gasteiger partial charge in [-0.1, -0.05) is 0 Å². The molecular weight excluding hydrogens is 300 g/mol. The molecule has 3 N–H and O–H groups in total. The van der Waals surface area contributed by atoms with Crippen LogP contribution >= 0.6 is 23.1 Å². The van der Waals surface area contributed by atoms with Crippen molar-refractivity contribution < 1.29 is 20.1 Å². The number of thioether (sulfide) groups is 1. The molecule has 0 saturated carbocycles. The first-order valence-corrected chi connectivity index (χ1v) is 8.16. The Morgan fingerprint density at radius 2 is 2.15 bits per heavy atom. The number of fused-ring (bicyclic) bond motifs is 1. The SMILES string of the molecule is CSc1ncnc2c([C@@H]3O[C@H](CO)[C@@H](O)[C@H]3O)csc12. The Hall–Kier alpha value is -0.770. The van der Waals surface area contributed by atoms with Crippen molar-refractivity contribution in [2.75, 3.05) is 12.9 Å². The van der Waals surface area contributed by atoms with Crippen LogP contribution in [-0.4, -0.2) is 56.5 Å². The van der Waals surface area contributed by atoms with Crippen LogP contribution in [0.1, 0.15) is 11.7 Å². The van der Waals surface area contributed by atoms with Crippen molar-refractivity contribution in [2.45, 2.75) is 29.4 Å². The lowest BCUT2D eigenvalue weighted by molar-refractivity contribution is -0.0223. The molecule has 3 heterocycles. The standard InChI is InChI=1S/C12H14N2O4S2/c1-19-12-11-7(13-4-14-12)5(3-20-11)10-9(17)8(16)6(2-15)18-10/h3-4,6,8-10,15-17H,2H2,1H3/t6-,8-,9-,10+/m1/s1. The van der Waals surface area contributed by atoms with Crippen molar-refractivity contribution in [3.8, 4) is 0 Å². The molecule has 0 aromatic carbocycles. The van der Waals surface area contributed by atoms with Crippen LogP contribution in [0, 0.1) is 0 Å². The Morgan fingerprint density at radius 3 is 2.80 bits per heavy atom. The van der Waals surface area contributed by atoms with E-state index < -0.39 is 24.4 Å². The van der Waals surface area contributed by atoms with Crippen LogP contribution in [0.5, 0.6) is 0 Å². The van der Waals surface area contributed by atoms with E-state index in [2.05, 4.69) is 9.97 Å². The molecule has 1 aliphatic heterocycles. The van der Waals surface area contributed by atoms with Crippen LogP contribution < -0.4 is 0 Å². The molecule has 0 unspecified atom stereocenters. The number of hydrogen-bond donors (Lipinski definition) is 3. The highest BCUT2D eigenvalue weighted by Gasteiger charge is 2.44. The van der Waals surface area contributed by atoms with E-state index in [1.54, 1.807) is 0 Å². The first-order valence-electron chi connectivity index (χ1n) is 6.06. The highest BCUT2D eigenvalue weighted by molar-refractivity contribution is 7.98. The molecule has 6 nitrogen and oxygen atoms in total. The van der Waals surface area contributed by atoms with Gasteiger partial charge in [-0.25, -0.2) is 9.97 Å². The number of rotatable bonds is 3. The summed E-state index contributed by atoms with van der Waals surface area (Å²) in [6.07, 6.45) is -0.203. The van der Waals surface area contributed by atoms with E-state index in [9.17, 15) is 10.2 Å². The predicted molar refractivity (Wildman–Crippen MR) is 75.9 cm³/mol. The lowest BCUT2D eigenvalue weighted by atomic mass is 10.0. The van der Waals surface area contributed by atoms with Crippen molar-refractivity contribution in [2.24, 2.45) is 0 Å². The quantitative estimate of drug-likeness (QED) is 0.563. The second-order valence-corrected chi connectivity index (χ2v) is 6.19. The van der Waals surface area contributed by atoms with Gasteiger partial charge in [-0.2, -0.15) is 0 Å². The van der Waals surface area contributed by atoms with E-state index in [0.29, 0.717) is 0 Å². The van der Waals surface area contributed by atoms with Crippen molar-refractivity contribution in [3.05, 3.63) is 17.3 Å². The second-order valence-electron chi connectivity index (χ2n) is 4.51. The molecule has 4 atom stereocenters. The molecule has 20 heavy (non-hydrogen) atoms. The van der Waals surface area contributed by atoms with Crippen molar-refractivity contribution in [3.63, 3.8) is 0 Å². The summed E-state index contributed by atoms with van der Waals surface area (Å²) in [5, 5.41) is 31.8. The summed E-state index contributed by atoms with van der Waals surface area (Å²) in [5.74, 6) is 0. The summed E-state index contributed by atoms with van der Waals surface area (Å²) >= 11 is 3.01. The number of aromatic nitrogens is 2. The maximum atomic E-state index is 10.1. The van der Waals surface area contributed by atoms with E-state index in [-0.39, 0.29) is 6.61 Å². The molecule has 1 saturated heterocycles. The molecule has 108 valence electrons. The average molecular weight is 314 g/mol. The van der Waals surface area contributed by atoms with Gasteiger partial charge in [-0.3, -0.25) is 0 Å². The third kappa shape index (κ3) is 2.12. The minimum absolute atomic E-state index is 0.332. The van der Waals surface area contributed by atoms with Gasteiger partial charge in [0.15, 0.2) is 0 Å². The van der Waals surface area contributed by atoms with Crippen molar-refractivity contribution >= 4 is 33.3 Å². The van der Waals surface area contributed by atoms with Gasteiger partial charge in [0.25, 0.3) is 0 Å². The zero-order valence-corrected chi connectivity index (χ0v) is 12.3. The minimum atomic E-state index is -1.10. The predicted octanol–water partition coefficient (Wildman–Crippen LogP) is 0.567. The second kappa shape index (κ2) is 5.55. The number of aliphatic hydroxyl groups is 3. The Kier molecular flexibility index (Phi) is 3.93. The summed E-state index contributed by atoms with van der Waals surface area (Å²) in [4.78, 5) is 8.46. The maximum absolute atomic E-state index is 10.1. The number of ether oxygens (including phenoxy) is 1. The summed E-state index contributed by atoms with van der Waals surface area (Å²) in [6.45, 7) is -0.332. The smallest absolute Gasteiger partial charge is 0.117 e. The Labute approximate surface area is 123 Å². The summed E-state index contributed by atoms with van der Waals surface area (Å²) < 4.78 is 6.49. The van der Waals surface area contributed by atoms with Gasteiger partial charge in [0, 0.05) is 5.56 Å². The molecule has 0 amide bonds. The third-order valence-electron chi connectivity index (χ3n) is 3.39. The van der Waals surface area contributed by atoms with Crippen LogP contribution in [0.4, 0.5) is 0 Å². The monoisotopic (exact) mass is 314 g/mol. The molecule has 1 aliphatic rings. The van der Waals surface area contributed by atoms with Crippen molar-refractivity contribution in [1.29, 1.82) is 0 Å². The van der Waals surface area contributed by atoms with Crippen molar-refractivity contribution in [1.82, 2.24) is 9.97 Å². The number of thiophene rings is 1. The average Bonchev–Trinajstić information content (AvgIpc) is 3.01. The molecule has 0 spiro atoms. The Balaban J connectivity index is 2.03. The molecule has 0 radical (unpaired) electrons. The number of nitrogens with zero attached hydrogens (tertiary/aromatic N) is 2. The van der Waals surface area contributed by atoms with Crippen LogP contribution in [0.3, 0.4) is 0 Å². The normalized spacial score (nSPS) is 30.2. The molecule has 0 bridgehead atoms. The third-order valence-corrected chi connectivity index (χ3v) is 5.21.